The van der Waals surface area contributed by atoms with Crippen LogP contribution in [-0.4, -0.2) is 34.1 Å². The summed E-state index contributed by atoms with van der Waals surface area (Å²) < 4.78 is 0. The lowest BCUT2D eigenvalue weighted by atomic mass is 10.1. The normalized spacial score (nSPS) is 12.9. The van der Waals surface area contributed by atoms with Gasteiger partial charge in [-0.05, 0) is 18.6 Å². The predicted molar refractivity (Wildman–Crippen MR) is 105 cm³/mol. The van der Waals surface area contributed by atoms with Crippen molar-refractivity contribution in [2.75, 3.05) is 6.61 Å². The Hall–Kier alpha value is -1.55. The molecule has 0 aromatic carbocycles. The monoisotopic (exact) mass is 381 g/mol. The lowest BCUT2D eigenvalue weighted by Gasteiger charge is -2.19. The Morgan fingerprint density at radius 1 is 1.15 bits per heavy atom. The predicted octanol–water partition coefficient (Wildman–Crippen LogP) is 4.29. The molecule has 1 rings (SSSR count). The van der Waals surface area contributed by atoms with E-state index < -0.39 is 24.8 Å². The van der Waals surface area contributed by atoms with Gasteiger partial charge in [0.05, 0.1) is 17.5 Å². The second-order valence-corrected chi connectivity index (χ2v) is 7.53. The summed E-state index contributed by atoms with van der Waals surface area (Å²) in [7, 11) is 0. The van der Waals surface area contributed by atoms with Gasteiger partial charge in [-0.1, -0.05) is 63.7 Å². The Morgan fingerprint density at radius 3 is 2.42 bits per heavy atom. The van der Waals surface area contributed by atoms with Crippen molar-refractivity contribution in [3.63, 3.8) is 0 Å². The molecular weight excluding hydrogens is 350 g/mol. The largest absolute Gasteiger partial charge is 0.465 e. The molecule has 1 aromatic rings. The van der Waals surface area contributed by atoms with Crippen molar-refractivity contribution in [1.29, 1.82) is 0 Å². The first kappa shape index (κ1) is 22.5. The van der Waals surface area contributed by atoms with Gasteiger partial charge in [-0.25, -0.2) is 4.79 Å². The quantitative estimate of drug-likeness (QED) is 0.321. The van der Waals surface area contributed by atoms with E-state index in [-0.39, 0.29) is 0 Å². The fraction of sp³-hybridized carbons (Fsp3) is 0.650. The third-order valence-electron chi connectivity index (χ3n) is 4.17. The Bertz CT molecular complexity index is 576. The van der Waals surface area contributed by atoms with E-state index in [1.807, 2.05) is 6.07 Å². The van der Waals surface area contributed by atoms with Gasteiger partial charge in [-0.2, -0.15) is 0 Å². The highest BCUT2D eigenvalue weighted by atomic mass is 32.1. The van der Waals surface area contributed by atoms with Crippen LogP contribution in [0.3, 0.4) is 0 Å². The molecule has 26 heavy (non-hydrogen) atoms. The second-order valence-electron chi connectivity index (χ2n) is 6.41. The van der Waals surface area contributed by atoms with Crippen LogP contribution >= 0.6 is 11.3 Å². The Labute approximate surface area is 160 Å². The fourth-order valence-corrected chi connectivity index (χ4v) is 3.59. The molecule has 146 valence electrons. The topological polar surface area (TPSA) is 89.8 Å². The van der Waals surface area contributed by atoms with Crippen LogP contribution in [0.4, 0.5) is 4.79 Å². The molecule has 0 radical (unpaired) electrons. The van der Waals surface area contributed by atoms with Crippen LogP contribution in [0.15, 0.2) is 12.1 Å². The van der Waals surface area contributed by atoms with E-state index in [9.17, 15) is 15.0 Å². The van der Waals surface area contributed by atoms with E-state index in [1.165, 1.54) is 56.3 Å². The van der Waals surface area contributed by atoms with Crippen molar-refractivity contribution >= 4 is 17.4 Å². The van der Waals surface area contributed by atoms with Crippen LogP contribution in [0.5, 0.6) is 0 Å². The highest BCUT2D eigenvalue weighted by Crippen LogP contribution is 2.25. The number of hydrogen-bond donors (Lipinski definition) is 4. The Kier molecular flexibility index (Phi) is 11.8. The van der Waals surface area contributed by atoms with Gasteiger partial charge in [-0.15, -0.1) is 11.3 Å². The standard InChI is InChI=1S/C20H31NO4S/c1-2-3-4-5-6-7-8-9-10-11-12-16-13-14-18(26-16)19(23)17(15-22)21-20(24)25/h13-14,17,19,21-23H,2-10,15H2,1H3,(H,24,25). The van der Waals surface area contributed by atoms with Crippen LogP contribution in [0.1, 0.15) is 80.6 Å². The first-order chi connectivity index (χ1) is 12.6. The number of hydrogen-bond acceptors (Lipinski definition) is 4. The van der Waals surface area contributed by atoms with Crippen molar-refractivity contribution in [3.8, 4) is 11.8 Å². The number of nitrogens with one attached hydrogen (secondary N) is 1. The maximum atomic E-state index is 10.7. The molecule has 4 N–H and O–H groups in total. The van der Waals surface area contributed by atoms with E-state index >= 15 is 0 Å². The van der Waals surface area contributed by atoms with Crippen molar-refractivity contribution in [3.05, 3.63) is 21.9 Å². The average molecular weight is 382 g/mol. The van der Waals surface area contributed by atoms with Gasteiger partial charge in [-0.3, -0.25) is 0 Å². The van der Waals surface area contributed by atoms with Gasteiger partial charge in [0.15, 0.2) is 0 Å². The number of carboxylic acid groups (broad SMARTS) is 1. The molecule has 0 saturated carbocycles. The minimum Gasteiger partial charge on any atom is -0.465 e. The number of aliphatic hydroxyl groups is 2. The first-order valence-electron chi connectivity index (χ1n) is 9.45. The zero-order valence-electron chi connectivity index (χ0n) is 15.5. The highest BCUT2D eigenvalue weighted by molar-refractivity contribution is 7.12. The summed E-state index contributed by atoms with van der Waals surface area (Å²) in [6.45, 7) is 1.76. The second kappa shape index (κ2) is 13.6. The molecule has 6 heteroatoms. The molecule has 0 aliphatic carbocycles. The van der Waals surface area contributed by atoms with Crippen molar-refractivity contribution < 1.29 is 20.1 Å². The third kappa shape index (κ3) is 9.23. The zero-order valence-corrected chi connectivity index (χ0v) is 16.4. The zero-order chi connectivity index (χ0) is 19.2. The minimum atomic E-state index is -1.27. The average Bonchev–Trinajstić information content (AvgIpc) is 3.09. The maximum absolute atomic E-state index is 10.7. The van der Waals surface area contributed by atoms with E-state index in [0.29, 0.717) is 4.88 Å². The van der Waals surface area contributed by atoms with E-state index in [1.54, 1.807) is 6.07 Å². The number of carbonyl (C=O) groups is 1. The molecule has 1 aromatic heterocycles. The summed E-state index contributed by atoms with van der Waals surface area (Å²) in [5, 5.41) is 30.2. The van der Waals surface area contributed by atoms with Crippen molar-refractivity contribution in [2.45, 2.75) is 76.9 Å². The van der Waals surface area contributed by atoms with Crippen LogP contribution in [-0.2, 0) is 0 Å². The third-order valence-corrected chi connectivity index (χ3v) is 5.24. The van der Waals surface area contributed by atoms with Gasteiger partial charge in [0.1, 0.15) is 6.10 Å². The number of amides is 1. The van der Waals surface area contributed by atoms with Gasteiger partial charge < -0.3 is 20.6 Å². The first-order valence-corrected chi connectivity index (χ1v) is 10.3. The number of aliphatic hydroxyl groups excluding tert-OH is 2. The lowest BCUT2D eigenvalue weighted by molar-refractivity contribution is 0.0891. The summed E-state index contributed by atoms with van der Waals surface area (Å²) in [4.78, 5) is 12.1. The molecule has 0 fully saturated rings. The Morgan fingerprint density at radius 2 is 1.81 bits per heavy atom. The smallest absolute Gasteiger partial charge is 0.405 e. The highest BCUT2D eigenvalue weighted by Gasteiger charge is 2.23. The van der Waals surface area contributed by atoms with E-state index in [0.717, 1.165) is 17.7 Å². The summed E-state index contributed by atoms with van der Waals surface area (Å²) in [5.41, 5.74) is 0. The molecule has 1 heterocycles. The molecule has 0 saturated heterocycles. The van der Waals surface area contributed by atoms with Gasteiger partial charge in [0.2, 0.25) is 0 Å². The molecule has 1 amide bonds. The molecule has 0 bridgehead atoms. The molecule has 5 nitrogen and oxygen atoms in total. The number of unbranched alkanes of at least 4 members (excludes halogenated alkanes) is 8. The van der Waals surface area contributed by atoms with Crippen molar-refractivity contribution in [1.82, 2.24) is 5.32 Å². The van der Waals surface area contributed by atoms with Crippen LogP contribution in [0.2, 0.25) is 0 Å². The summed E-state index contributed by atoms with van der Waals surface area (Å²) in [6, 6.07) is 2.60. The van der Waals surface area contributed by atoms with Crippen LogP contribution in [0.25, 0.3) is 0 Å². The molecule has 2 atom stereocenters. The molecule has 0 spiro atoms. The number of thiophene rings is 1. The van der Waals surface area contributed by atoms with Crippen LogP contribution in [0, 0.1) is 11.8 Å². The van der Waals surface area contributed by atoms with Crippen LogP contribution < -0.4 is 5.32 Å². The minimum absolute atomic E-state index is 0.467. The lowest BCUT2D eigenvalue weighted by Crippen LogP contribution is -2.40. The maximum Gasteiger partial charge on any atom is 0.405 e. The molecule has 0 aliphatic heterocycles. The van der Waals surface area contributed by atoms with E-state index in [4.69, 9.17) is 5.11 Å². The molecular formula is C20H31NO4S. The van der Waals surface area contributed by atoms with Crippen molar-refractivity contribution in [2.24, 2.45) is 0 Å². The van der Waals surface area contributed by atoms with Gasteiger partial charge in [0, 0.05) is 11.3 Å². The van der Waals surface area contributed by atoms with Gasteiger partial charge in [0.25, 0.3) is 0 Å². The summed E-state index contributed by atoms with van der Waals surface area (Å²) in [5.74, 6) is 6.25. The van der Waals surface area contributed by atoms with Gasteiger partial charge >= 0.3 is 6.09 Å². The summed E-state index contributed by atoms with van der Waals surface area (Å²) >= 11 is 1.32. The molecule has 2 unspecified atom stereocenters. The number of rotatable bonds is 12. The SMILES string of the molecule is CCCCCCCCCCC#Cc1ccc(C(O)C(CO)NC(=O)O)s1. The van der Waals surface area contributed by atoms with E-state index in [2.05, 4.69) is 24.1 Å². The summed E-state index contributed by atoms with van der Waals surface area (Å²) in [6.07, 6.45) is 8.75. The molecule has 0 aliphatic rings. The Balaban J connectivity index is 2.31. The fourth-order valence-electron chi connectivity index (χ4n) is 2.66.